The highest BCUT2D eigenvalue weighted by atomic mass is 127. The molecule has 2 aromatic rings. The minimum atomic E-state index is -0.478. The zero-order chi connectivity index (χ0) is 19.7. The van der Waals surface area contributed by atoms with Gasteiger partial charge in [-0.05, 0) is 39.3 Å². The van der Waals surface area contributed by atoms with Crippen molar-refractivity contribution in [3.63, 3.8) is 0 Å². The number of guanidine groups is 1. The van der Waals surface area contributed by atoms with E-state index in [-0.39, 0.29) is 24.0 Å². The number of carbonyl (C=O) groups is 1. The summed E-state index contributed by atoms with van der Waals surface area (Å²) in [7, 11) is 1.73. The van der Waals surface area contributed by atoms with Gasteiger partial charge in [0.1, 0.15) is 16.9 Å². The van der Waals surface area contributed by atoms with Gasteiger partial charge in [-0.2, -0.15) is 0 Å². The van der Waals surface area contributed by atoms with E-state index >= 15 is 0 Å². The predicted molar refractivity (Wildman–Crippen MR) is 124 cm³/mol. The molecule has 1 heterocycles. The SMILES string of the molecule is CN=C(NCCCNC(=O)OC(C)(C)C)NCCc1cc2ccccc2o1.I. The number of amides is 1. The number of carbonyl (C=O) groups excluding carboxylic acids is 1. The highest BCUT2D eigenvalue weighted by Crippen LogP contribution is 2.18. The van der Waals surface area contributed by atoms with E-state index in [4.69, 9.17) is 9.15 Å². The molecule has 156 valence electrons. The van der Waals surface area contributed by atoms with Gasteiger partial charge in [0.2, 0.25) is 0 Å². The fraction of sp³-hybridized carbons (Fsp3) is 0.500. The van der Waals surface area contributed by atoms with Crippen molar-refractivity contribution in [3.05, 3.63) is 36.1 Å². The Morgan fingerprint density at radius 1 is 1.11 bits per heavy atom. The molecular formula is C20H31IN4O3. The Bertz CT molecular complexity index is 735. The van der Waals surface area contributed by atoms with Crippen molar-refractivity contribution in [1.29, 1.82) is 0 Å². The summed E-state index contributed by atoms with van der Waals surface area (Å²) in [5, 5.41) is 10.3. The largest absolute Gasteiger partial charge is 0.461 e. The molecule has 3 N–H and O–H groups in total. The minimum Gasteiger partial charge on any atom is -0.461 e. The molecule has 0 aliphatic carbocycles. The molecule has 1 aromatic heterocycles. The predicted octanol–water partition coefficient (Wildman–Crippen LogP) is 3.67. The van der Waals surface area contributed by atoms with Crippen LogP contribution < -0.4 is 16.0 Å². The van der Waals surface area contributed by atoms with Crippen LogP contribution in [0.2, 0.25) is 0 Å². The van der Waals surface area contributed by atoms with E-state index in [1.807, 2.05) is 45.0 Å². The van der Waals surface area contributed by atoms with E-state index in [2.05, 4.69) is 27.0 Å². The maximum atomic E-state index is 11.6. The quantitative estimate of drug-likeness (QED) is 0.233. The molecule has 0 spiro atoms. The van der Waals surface area contributed by atoms with Gasteiger partial charge in [-0.25, -0.2) is 4.79 Å². The maximum Gasteiger partial charge on any atom is 0.407 e. The molecule has 7 nitrogen and oxygen atoms in total. The lowest BCUT2D eigenvalue weighted by molar-refractivity contribution is 0.0527. The smallest absolute Gasteiger partial charge is 0.407 e. The molecule has 0 radical (unpaired) electrons. The fourth-order valence-corrected chi connectivity index (χ4v) is 2.48. The number of hydrogen-bond donors (Lipinski definition) is 3. The molecule has 2 rings (SSSR count). The third-order valence-corrected chi connectivity index (χ3v) is 3.68. The van der Waals surface area contributed by atoms with Crippen molar-refractivity contribution in [3.8, 4) is 0 Å². The summed E-state index contributed by atoms with van der Waals surface area (Å²) in [6.45, 7) is 7.48. The van der Waals surface area contributed by atoms with E-state index in [0.29, 0.717) is 13.1 Å². The highest BCUT2D eigenvalue weighted by Gasteiger charge is 2.15. The second kappa shape index (κ2) is 11.8. The van der Waals surface area contributed by atoms with E-state index in [9.17, 15) is 4.79 Å². The Balaban J connectivity index is 0.00000392. The van der Waals surface area contributed by atoms with Gasteiger partial charge in [0, 0.05) is 38.5 Å². The van der Waals surface area contributed by atoms with Crippen LogP contribution in [0.15, 0.2) is 39.7 Å². The zero-order valence-electron chi connectivity index (χ0n) is 17.0. The van der Waals surface area contributed by atoms with Crippen LogP contribution in [0.3, 0.4) is 0 Å². The summed E-state index contributed by atoms with van der Waals surface area (Å²) >= 11 is 0. The summed E-state index contributed by atoms with van der Waals surface area (Å²) in [5.74, 6) is 1.67. The van der Waals surface area contributed by atoms with Crippen molar-refractivity contribution >= 4 is 47.0 Å². The lowest BCUT2D eigenvalue weighted by Gasteiger charge is -2.19. The highest BCUT2D eigenvalue weighted by molar-refractivity contribution is 14.0. The molecule has 0 fully saturated rings. The van der Waals surface area contributed by atoms with E-state index in [1.54, 1.807) is 7.05 Å². The zero-order valence-corrected chi connectivity index (χ0v) is 19.3. The number of para-hydroxylation sites is 1. The lowest BCUT2D eigenvalue weighted by atomic mass is 10.2. The number of aliphatic imine (C=N–C) groups is 1. The van der Waals surface area contributed by atoms with Gasteiger partial charge in [-0.3, -0.25) is 4.99 Å². The first-order valence-electron chi connectivity index (χ1n) is 9.26. The summed E-state index contributed by atoms with van der Waals surface area (Å²) in [6, 6.07) is 10.1. The van der Waals surface area contributed by atoms with Crippen LogP contribution >= 0.6 is 24.0 Å². The summed E-state index contributed by atoms with van der Waals surface area (Å²) < 4.78 is 11.0. The number of hydrogen-bond acceptors (Lipinski definition) is 4. The monoisotopic (exact) mass is 502 g/mol. The van der Waals surface area contributed by atoms with Crippen LogP contribution in [0.1, 0.15) is 33.0 Å². The number of furan rings is 1. The molecule has 0 unspecified atom stereocenters. The number of rotatable bonds is 7. The maximum absolute atomic E-state index is 11.6. The number of nitrogens with zero attached hydrogens (tertiary/aromatic N) is 1. The molecule has 28 heavy (non-hydrogen) atoms. The topological polar surface area (TPSA) is 87.9 Å². The van der Waals surface area contributed by atoms with Gasteiger partial charge in [-0.1, -0.05) is 18.2 Å². The molecule has 1 amide bonds. The van der Waals surface area contributed by atoms with Gasteiger partial charge < -0.3 is 25.1 Å². The number of fused-ring (bicyclic) bond motifs is 1. The Labute approximate surface area is 183 Å². The number of alkyl carbamates (subject to hydrolysis) is 1. The number of halogens is 1. The van der Waals surface area contributed by atoms with Crippen LogP contribution in [0.5, 0.6) is 0 Å². The standard InChI is InChI=1S/C20H30N4O3.HI/c1-20(2,3)27-19(25)24-12-7-11-22-18(21-4)23-13-10-16-14-15-8-5-6-9-17(15)26-16;/h5-6,8-9,14H,7,10-13H2,1-4H3,(H,24,25)(H2,21,22,23);1H. The van der Waals surface area contributed by atoms with Gasteiger partial charge >= 0.3 is 6.09 Å². The lowest BCUT2D eigenvalue weighted by Crippen LogP contribution is -2.40. The van der Waals surface area contributed by atoms with Gasteiger partial charge in [0.05, 0.1) is 0 Å². The Hall–Kier alpha value is -1.97. The Kier molecular flexibility index (Phi) is 10.1. The Morgan fingerprint density at radius 3 is 2.46 bits per heavy atom. The van der Waals surface area contributed by atoms with Crippen LogP contribution in [-0.2, 0) is 11.2 Å². The molecule has 0 saturated heterocycles. The van der Waals surface area contributed by atoms with Gasteiger partial charge in [-0.15, -0.1) is 24.0 Å². The second-order valence-electron chi connectivity index (χ2n) is 7.21. The van der Waals surface area contributed by atoms with Gasteiger partial charge in [0.25, 0.3) is 0 Å². The molecule has 0 bridgehead atoms. The molecule has 0 aliphatic rings. The molecule has 1 aromatic carbocycles. The third kappa shape index (κ3) is 8.81. The molecule has 0 aliphatic heterocycles. The first-order chi connectivity index (χ1) is 12.9. The Morgan fingerprint density at radius 2 is 1.79 bits per heavy atom. The number of nitrogens with one attached hydrogen (secondary N) is 3. The van der Waals surface area contributed by atoms with Crippen molar-refractivity contribution in [2.45, 2.75) is 39.2 Å². The van der Waals surface area contributed by atoms with E-state index in [1.165, 1.54) is 0 Å². The summed E-state index contributed by atoms with van der Waals surface area (Å²) in [4.78, 5) is 15.7. The van der Waals surface area contributed by atoms with Crippen molar-refractivity contribution < 1.29 is 13.9 Å². The van der Waals surface area contributed by atoms with Crippen molar-refractivity contribution in [2.75, 3.05) is 26.7 Å². The minimum absolute atomic E-state index is 0. The average molecular weight is 502 g/mol. The van der Waals surface area contributed by atoms with Gasteiger partial charge in [0.15, 0.2) is 5.96 Å². The van der Waals surface area contributed by atoms with Crippen LogP contribution in [0, 0.1) is 0 Å². The molecule has 0 atom stereocenters. The van der Waals surface area contributed by atoms with Crippen LogP contribution in [0.25, 0.3) is 11.0 Å². The second-order valence-corrected chi connectivity index (χ2v) is 7.21. The molecular weight excluding hydrogens is 471 g/mol. The molecule has 8 heteroatoms. The number of benzene rings is 1. The van der Waals surface area contributed by atoms with E-state index in [0.717, 1.165) is 42.1 Å². The summed E-state index contributed by atoms with van der Waals surface area (Å²) in [6.07, 6.45) is 1.15. The van der Waals surface area contributed by atoms with E-state index < -0.39 is 11.7 Å². The average Bonchev–Trinajstić information content (AvgIpc) is 3.01. The fourth-order valence-electron chi connectivity index (χ4n) is 2.48. The first kappa shape index (κ1) is 24.1. The van der Waals surface area contributed by atoms with Crippen molar-refractivity contribution in [1.82, 2.24) is 16.0 Å². The molecule has 0 saturated carbocycles. The van der Waals surface area contributed by atoms with Crippen LogP contribution in [0.4, 0.5) is 4.79 Å². The first-order valence-corrected chi connectivity index (χ1v) is 9.26. The summed E-state index contributed by atoms with van der Waals surface area (Å²) in [5.41, 5.74) is 0.432. The van der Waals surface area contributed by atoms with Crippen molar-refractivity contribution in [2.24, 2.45) is 4.99 Å². The third-order valence-electron chi connectivity index (χ3n) is 3.68. The number of ether oxygens (including phenoxy) is 1. The normalized spacial score (nSPS) is 11.6. The van der Waals surface area contributed by atoms with Crippen LogP contribution in [-0.4, -0.2) is 44.3 Å².